The fourth-order valence-corrected chi connectivity index (χ4v) is 4.13. The smallest absolute Gasteiger partial charge is 0.305 e. The summed E-state index contributed by atoms with van der Waals surface area (Å²) in [6.45, 7) is 2.62. The molecule has 0 aliphatic carbocycles. The van der Waals surface area contributed by atoms with Gasteiger partial charge in [0.2, 0.25) is 0 Å². The lowest BCUT2D eigenvalue weighted by Crippen LogP contribution is -2.33. The monoisotopic (exact) mass is 520 g/mol. The van der Waals surface area contributed by atoms with Gasteiger partial charge in [-0.2, -0.15) is 0 Å². The van der Waals surface area contributed by atoms with E-state index in [0.29, 0.717) is 29.1 Å². The summed E-state index contributed by atoms with van der Waals surface area (Å²) in [4.78, 5) is 30.5. The number of amides is 1. The highest BCUT2D eigenvalue weighted by molar-refractivity contribution is 6.07. The molecule has 0 aliphatic rings. The molecule has 0 bridgehead atoms. The number of benzene rings is 3. The second-order valence-electron chi connectivity index (χ2n) is 8.51. The summed E-state index contributed by atoms with van der Waals surface area (Å²) < 4.78 is 29.8. The molecule has 3 aromatic carbocycles. The van der Waals surface area contributed by atoms with Gasteiger partial charge in [-0.25, -0.2) is 13.8 Å². The molecule has 0 spiro atoms. The number of nitrogens with one attached hydrogen (secondary N) is 2. The Morgan fingerprint density at radius 3 is 2.42 bits per heavy atom. The third-order valence-electron chi connectivity index (χ3n) is 6.04. The summed E-state index contributed by atoms with van der Waals surface area (Å²) >= 11 is 0. The van der Waals surface area contributed by atoms with Crippen LogP contribution in [0.25, 0.3) is 11.0 Å². The van der Waals surface area contributed by atoms with Crippen LogP contribution in [-0.2, 0) is 17.9 Å². The van der Waals surface area contributed by atoms with E-state index in [-0.39, 0.29) is 36.6 Å². The average molecular weight is 521 g/mol. The van der Waals surface area contributed by atoms with Crippen LogP contribution in [0.5, 0.6) is 0 Å². The van der Waals surface area contributed by atoms with E-state index < -0.39 is 23.5 Å². The highest BCUT2D eigenvalue weighted by atomic mass is 19.1. The molecule has 9 nitrogen and oxygen atoms in total. The molecular formula is C27H26F2N6O3. The Labute approximate surface area is 217 Å². The molecule has 0 atom stereocenters. The van der Waals surface area contributed by atoms with E-state index in [1.54, 1.807) is 24.3 Å². The van der Waals surface area contributed by atoms with Crippen LogP contribution < -0.4 is 16.0 Å². The number of imidazole rings is 1. The number of aryl methyl sites for hydroxylation is 1. The number of rotatable bonds is 10. The first-order valence-corrected chi connectivity index (χ1v) is 11.8. The lowest BCUT2D eigenvalue weighted by Gasteiger charge is -2.22. The number of carbonyl (C=O) groups is 2. The number of aromatic nitrogens is 2. The van der Waals surface area contributed by atoms with Gasteiger partial charge in [0.05, 0.1) is 29.7 Å². The number of nitrogens with two attached hydrogens (primary N) is 1. The van der Waals surface area contributed by atoms with Crippen molar-refractivity contribution in [3.05, 3.63) is 89.2 Å². The maximum absolute atomic E-state index is 14.5. The van der Waals surface area contributed by atoms with Crippen molar-refractivity contribution < 1.29 is 23.5 Å². The summed E-state index contributed by atoms with van der Waals surface area (Å²) in [7, 11) is 0. The lowest BCUT2D eigenvalue weighted by atomic mass is 10.1. The third-order valence-corrected chi connectivity index (χ3v) is 6.04. The SMILES string of the molecule is CCn1c(CNc2ccc(C(=N)N)cc2F)nc2cc(C(=O)N(CCC(=O)O)c3ccc(F)cc3)ccc21. The van der Waals surface area contributed by atoms with Crippen LogP contribution in [0.2, 0.25) is 0 Å². The number of amidine groups is 1. The lowest BCUT2D eigenvalue weighted by molar-refractivity contribution is -0.136. The zero-order valence-corrected chi connectivity index (χ0v) is 20.5. The number of nitrogen functional groups attached to an aromatic ring is 1. The zero-order chi connectivity index (χ0) is 27.4. The van der Waals surface area contributed by atoms with Crippen molar-refractivity contribution in [2.75, 3.05) is 16.8 Å². The van der Waals surface area contributed by atoms with Crippen LogP contribution in [0.1, 0.15) is 35.1 Å². The quantitative estimate of drug-likeness (QED) is 0.181. The molecular weight excluding hydrogens is 494 g/mol. The number of carboxylic acid groups (broad SMARTS) is 1. The molecule has 5 N–H and O–H groups in total. The van der Waals surface area contributed by atoms with Gasteiger partial charge in [0.15, 0.2) is 0 Å². The maximum Gasteiger partial charge on any atom is 0.305 e. The standard InChI is InChI=1S/C27H26F2N6O3/c1-2-34-23-10-4-17(27(38)35(12-11-25(36)37)19-7-5-18(28)6-8-19)14-22(23)33-24(34)15-32-21-9-3-16(26(30)31)13-20(21)29/h3-10,13-14,32H,2,11-12,15H2,1H3,(H3,30,31)(H,36,37). The van der Waals surface area contributed by atoms with E-state index in [0.717, 1.165) is 5.52 Å². The predicted molar refractivity (Wildman–Crippen MR) is 140 cm³/mol. The molecule has 38 heavy (non-hydrogen) atoms. The molecule has 4 rings (SSSR count). The molecule has 4 aromatic rings. The van der Waals surface area contributed by atoms with E-state index in [1.807, 2.05) is 11.5 Å². The second-order valence-corrected chi connectivity index (χ2v) is 8.51. The first-order chi connectivity index (χ1) is 18.2. The van der Waals surface area contributed by atoms with E-state index >= 15 is 0 Å². The first kappa shape index (κ1) is 26.3. The van der Waals surface area contributed by atoms with Gasteiger partial charge >= 0.3 is 5.97 Å². The molecule has 0 unspecified atom stereocenters. The Morgan fingerprint density at radius 2 is 1.79 bits per heavy atom. The number of carbonyl (C=O) groups excluding carboxylic acids is 1. The fourth-order valence-electron chi connectivity index (χ4n) is 4.13. The molecule has 0 fully saturated rings. The number of hydrogen-bond donors (Lipinski definition) is 4. The van der Waals surface area contributed by atoms with Gasteiger partial charge in [-0.3, -0.25) is 15.0 Å². The van der Waals surface area contributed by atoms with Crippen LogP contribution in [0.15, 0.2) is 60.7 Å². The number of anilines is 2. The Morgan fingerprint density at radius 1 is 1.08 bits per heavy atom. The Balaban J connectivity index is 1.61. The topological polar surface area (TPSA) is 137 Å². The number of hydrogen-bond acceptors (Lipinski definition) is 5. The summed E-state index contributed by atoms with van der Waals surface area (Å²) in [5, 5.41) is 19.6. The Kier molecular flexibility index (Phi) is 7.66. The highest BCUT2D eigenvalue weighted by Crippen LogP contribution is 2.24. The van der Waals surface area contributed by atoms with Gasteiger partial charge in [0, 0.05) is 29.9 Å². The molecule has 0 aliphatic heterocycles. The van der Waals surface area contributed by atoms with E-state index in [4.69, 9.17) is 16.2 Å². The average Bonchev–Trinajstić information content (AvgIpc) is 3.25. The van der Waals surface area contributed by atoms with Crippen molar-refractivity contribution in [1.29, 1.82) is 5.41 Å². The number of aliphatic carboxylic acids is 1. The third kappa shape index (κ3) is 5.61. The number of carboxylic acids is 1. The van der Waals surface area contributed by atoms with E-state index in [1.165, 1.54) is 41.3 Å². The second kappa shape index (κ2) is 11.1. The van der Waals surface area contributed by atoms with Crippen LogP contribution in [0, 0.1) is 17.0 Å². The Bertz CT molecular complexity index is 1520. The van der Waals surface area contributed by atoms with Crippen LogP contribution >= 0.6 is 0 Å². The minimum Gasteiger partial charge on any atom is -0.481 e. The largest absolute Gasteiger partial charge is 0.481 e. The number of fused-ring (bicyclic) bond motifs is 1. The van der Waals surface area contributed by atoms with E-state index in [2.05, 4.69) is 10.3 Å². The van der Waals surface area contributed by atoms with Gasteiger partial charge < -0.3 is 25.6 Å². The van der Waals surface area contributed by atoms with Crippen LogP contribution in [0.3, 0.4) is 0 Å². The van der Waals surface area contributed by atoms with Gasteiger partial charge in [-0.05, 0) is 67.6 Å². The molecule has 1 heterocycles. The number of nitrogens with zero attached hydrogens (tertiary/aromatic N) is 3. The molecule has 0 saturated heterocycles. The molecule has 1 aromatic heterocycles. The minimum atomic E-state index is -1.06. The van der Waals surface area contributed by atoms with Crippen molar-refractivity contribution in [1.82, 2.24) is 9.55 Å². The summed E-state index contributed by atoms with van der Waals surface area (Å²) in [6.07, 6.45) is -0.282. The van der Waals surface area contributed by atoms with E-state index in [9.17, 15) is 18.4 Å². The highest BCUT2D eigenvalue weighted by Gasteiger charge is 2.21. The van der Waals surface area contributed by atoms with Gasteiger partial charge in [-0.15, -0.1) is 0 Å². The maximum atomic E-state index is 14.5. The summed E-state index contributed by atoms with van der Waals surface area (Å²) in [6, 6.07) is 14.5. The van der Waals surface area contributed by atoms with Crippen molar-refractivity contribution in [3.8, 4) is 0 Å². The first-order valence-electron chi connectivity index (χ1n) is 11.8. The number of halogens is 2. The van der Waals surface area contributed by atoms with Crippen molar-refractivity contribution in [2.24, 2.45) is 5.73 Å². The van der Waals surface area contributed by atoms with Crippen LogP contribution in [0.4, 0.5) is 20.2 Å². The normalized spacial score (nSPS) is 10.9. The Hall–Kier alpha value is -4.80. The molecule has 0 radical (unpaired) electrons. The minimum absolute atomic E-state index is 0.0929. The van der Waals surface area contributed by atoms with Gasteiger partial charge in [0.1, 0.15) is 23.3 Å². The fraction of sp³-hybridized carbons (Fsp3) is 0.185. The van der Waals surface area contributed by atoms with Gasteiger partial charge in [0.25, 0.3) is 5.91 Å². The van der Waals surface area contributed by atoms with Gasteiger partial charge in [-0.1, -0.05) is 0 Å². The predicted octanol–water partition coefficient (Wildman–Crippen LogP) is 4.35. The zero-order valence-electron chi connectivity index (χ0n) is 20.5. The summed E-state index contributed by atoms with van der Waals surface area (Å²) in [5.74, 6) is -2.14. The summed E-state index contributed by atoms with van der Waals surface area (Å²) in [5.41, 5.74) is 7.90. The molecule has 196 valence electrons. The molecule has 0 saturated carbocycles. The van der Waals surface area contributed by atoms with Crippen molar-refractivity contribution in [2.45, 2.75) is 26.4 Å². The van der Waals surface area contributed by atoms with Crippen LogP contribution in [-0.4, -0.2) is 38.9 Å². The van der Waals surface area contributed by atoms with Crippen molar-refractivity contribution in [3.63, 3.8) is 0 Å². The van der Waals surface area contributed by atoms with Crippen molar-refractivity contribution >= 4 is 40.1 Å². The molecule has 11 heteroatoms. The molecule has 1 amide bonds.